The van der Waals surface area contributed by atoms with Gasteiger partial charge in [-0.05, 0) is 12.3 Å². The molecule has 0 saturated heterocycles. The van der Waals surface area contributed by atoms with Gasteiger partial charge in [0.15, 0.2) is 0 Å². The van der Waals surface area contributed by atoms with Gasteiger partial charge in [0.2, 0.25) is 0 Å². The lowest BCUT2D eigenvalue weighted by Gasteiger charge is -2.34. The minimum absolute atomic E-state index is 0.276. The molecule has 0 heteroatoms. The second-order valence-corrected chi connectivity index (χ2v) is 5.31. The molecule has 0 fully saturated rings. The molecule has 68 valence electrons. The summed E-state index contributed by atoms with van der Waals surface area (Å²) in [4.78, 5) is 0. The first-order chi connectivity index (χ1) is 5.26. The molecule has 0 aromatic rings. The Labute approximate surface area is 76.4 Å². The Balaban J connectivity index is 3.02. The SMILES string of the molecule is CC1=CC=C(C(C)(C)C)C1(C)C. The number of rotatable bonds is 0. The zero-order chi connectivity index (χ0) is 9.57. The molecule has 0 bridgehead atoms. The molecular weight excluding hydrogens is 144 g/mol. The van der Waals surface area contributed by atoms with Gasteiger partial charge in [-0.25, -0.2) is 0 Å². The molecule has 0 heterocycles. The van der Waals surface area contributed by atoms with Crippen LogP contribution in [0, 0.1) is 10.8 Å². The lowest BCUT2D eigenvalue weighted by atomic mass is 9.70. The van der Waals surface area contributed by atoms with Crippen molar-refractivity contribution in [3.05, 3.63) is 23.3 Å². The van der Waals surface area contributed by atoms with Crippen molar-refractivity contribution in [2.75, 3.05) is 0 Å². The fourth-order valence-corrected chi connectivity index (χ4v) is 2.02. The van der Waals surface area contributed by atoms with Crippen LogP contribution in [0.25, 0.3) is 0 Å². The summed E-state index contributed by atoms with van der Waals surface area (Å²) in [6, 6.07) is 0. The summed E-state index contributed by atoms with van der Waals surface area (Å²) in [5.74, 6) is 0. The Kier molecular flexibility index (Phi) is 1.98. The highest BCUT2D eigenvalue weighted by atomic mass is 14.4. The van der Waals surface area contributed by atoms with Gasteiger partial charge >= 0.3 is 0 Å². The van der Waals surface area contributed by atoms with Gasteiger partial charge in [-0.3, -0.25) is 0 Å². The molecular formula is C12H20. The lowest BCUT2D eigenvalue weighted by molar-refractivity contribution is 0.387. The second-order valence-electron chi connectivity index (χ2n) is 5.31. The maximum atomic E-state index is 2.31. The largest absolute Gasteiger partial charge is 0.0636 e. The van der Waals surface area contributed by atoms with E-state index in [0.29, 0.717) is 5.41 Å². The third kappa shape index (κ3) is 1.35. The number of hydrogen-bond acceptors (Lipinski definition) is 0. The van der Waals surface area contributed by atoms with E-state index in [1.807, 2.05) is 0 Å². The predicted octanol–water partition coefficient (Wildman–Crippen LogP) is 3.95. The van der Waals surface area contributed by atoms with Crippen LogP contribution in [-0.2, 0) is 0 Å². The standard InChI is InChI=1S/C12H20/c1-9-7-8-10(11(2,3)4)12(9,5)6/h7-8H,1-6H3. The minimum Gasteiger partial charge on any atom is -0.0636 e. The van der Waals surface area contributed by atoms with E-state index in [1.54, 1.807) is 5.57 Å². The second kappa shape index (κ2) is 2.48. The van der Waals surface area contributed by atoms with Crippen molar-refractivity contribution in [2.45, 2.75) is 41.5 Å². The molecule has 1 aliphatic carbocycles. The van der Waals surface area contributed by atoms with Gasteiger partial charge in [0.1, 0.15) is 0 Å². The van der Waals surface area contributed by atoms with Gasteiger partial charge in [-0.1, -0.05) is 57.9 Å². The molecule has 0 N–H and O–H groups in total. The molecule has 0 atom stereocenters. The maximum absolute atomic E-state index is 2.31. The highest BCUT2D eigenvalue weighted by Gasteiger charge is 2.34. The monoisotopic (exact) mass is 164 g/mol. The molecule has 0 aliphatic heterocycles. The van der Waals surface area contributed by atoms with Crippen LogP contribution in [0.5, 0.6) is 0 Å². The summed E-state index contributed by atoms with van der Waals surface area (Å²) in [7, 11) is 0. The van der Waals surface area contributed by atoms with Crippen LogP contribution in [0.3, 0.4) is 0 Å². The normalized spacial score (nSPS) is 22.2. The van der Waals surface area contributed by atoms with Crippen molar-refractivity contribution in [1.82, 2.24) is 0 Å². The first kappa shape index (κ1) is 9.57. The van der Waals surface area contributed by atoms with Gasteiger partial charge in [0.05, 0.1) is 0 Å². The minimum atomic E-state index is 0.276. The Morgan fingerprint density at radius 2 is 1.58 bits per heavy atom. The third-order valence-electron chi connectivity index (χ3n) is 2.97. The summed E-state index contributed by atoms with van der Waals surface area (Å²) >= 11 is 0. The Hall–Kier alpha value is -0.520. The van der Waals surface area contributed by atoms with Gasteiger partial charge in [0.25, 0.3) is 0 Å². The lowest BCUT2D eigenvalue weighted by Crippen LogP contribution is -2.23. The van der Waals surface area contributed by atoms with E-state index in [0.717, 1.165) is 0 Å². The molecule has 0 amide bonds. The zero-order valence-corrected chi connectivity index (χ0v) is 9.15. The van der Waals surface area contributed by atoms with E-state index in [4.69, 9.17) is 0 Å². The van der Waals surface area contributed by atoms with Crippen molar-refractivity contribution in [2.24, 2.45) is 10.8 Å². The van der Waals surface area contributed by atoms with Crippen LogP contribution >= 0.6 is 0 Å². The number of allylic oxidation sites excluding steroid dienone is 4. The predicted molar refractivity (Wildman–Crippen MR) is 55.1 cm³/mol. The van der Waals surface area contributed by atoms with Crippen molar-refractivity contribution >= 4 is 0 Å². The summed E-state index contributed by atoms with van der Waals surface area (Å²) < 4.78 is 0. The molecule has 0 unspecified atom stereocenters. The van der Waals surface area contributed by atoms with Gasteiger partial charge < -0.3 is 0 Å². The van der Waals surface area contributed by atoms with Crippen LogP contribution < -0.4 is 0 Å². The number of hydrogen-bond donors (Lipinski definition) is 0. The zero-order valence-electron chi connectivity index (χ0n) is 9.15. The Bertz CT molecular complexity index is 244. The highest BCUT2D eigenvalue weighted by Crippen LogP contribution is 2.47. The van der Waals surface area contributed by atoms with E-state index in [-0.39, 0.29) is 5.41 Å². The highest BCUT2D eigenvalue weighted by molar-refractivity contribution is 5.40. The van der Waals surface area contributed by atoms with Crippen LogP contribution in [0.2, 0.25) is 0 Å². The molecule has 0 saturated carbocycles. The molecule has 12 heavy (non-hydrogen) atoms. The molecule has 0 aromatic heterocycles. The van der Waals surface area contributed by atoms with E-state index in [2.05, 4.69) is 53.7 Å². The van der Waals surface area contributed by atoms with Crippen molar-refractivity contribution in [3.63, 3.8) is 0 Å². The average molecular weight is 164 g/mol. The molecule has 0 spiro atoms. The summed E-state index contributed by atoms with van der Waals surface area (Å²) in [5.41, 5.74) is 3.61. The molecule has 0 radical (unpaired) electrons. The smallest absolute Gasteiger partial charge is 0.00727 e. The molecule has 1 rings (SSSR count). The summed E-state index contributed by atoms with van der Waals surface area (Å²) in [5, 5.41) is 0. The van der Waals surface area contributed by atoms with Crippen LogP contribution in [0.15, 0.2) is 23.3 Å². The van der Waals surface area contributed by atoms with Crippen LogP contribution in [-0.4, -0.2) is 0 Å². The van der Waals surface area contributed by atoms with Crippen LogP contribution in [0.4, 0.5) is 0 Å². The average Bonchev–Trinajstić information content (AvgIpc) is 2.06. The quantitative estimate of drug-likeness (QED) is 0.508. The summed E-state index contributed by atoms with van der Waals surface area (Å²) in [6.45, 7) is 13.7. The van der Waals surface area contributed by atoms with Gasteiger partial charge in [-0.15, -0.1) is 0 Å². The Morgan fingerprint density at radius 3 is 1.75 bits per heavy atom. The van der Waals surface area contributed by atoms with Crippen molar-refractivity contribution in [3.8, 4) is 0 Å². The molecule has 0 nitrogen and oxygen atoms in total. The fourth-order valence-electron chi connectivity index (χ4n) is 2.02. The first-order valence-corrected chi connectivity index (χ1v) is 4.66. The fraction of sp³-hybridized carbons (Fsp3) is 0.667. The van der Waals surface area contributed by atoms with Gasteiger partial charge in [-0.2, -0.15) is 0 Å². The van der Waals surface area contributed by atoms with E-state index >= 15 is 0 Å². The summed E-state index contributed by atoms with van der Waals surface area (Å²) in [6.07, 6.45) is 4.54. The van der Waals surface area contributed by atoms with Gasteiger partial charge in [0, 0.05) is 5.41 Å². The maximum Gasteiger partial charge on any atom is 0.00727 e. The molecule has 0 aromatic carbocycles. The van der Waals surface area contributed by atoms with Crippen LogP contribution in [0.1, 0.15) is 41.5 Å². The van der Waals surface area contributed by atoms with E-state index in [1.165, 1.54) is 5.57 Å². The van der Waals surface area contributed by atoms with E-state index in [9.17, 15) is 0 Å². The Morgan fingerprint density at radius 1 is 1.08 bits per heavy atom. The topological polar surface area (TPSA) is 0 Å². The first-order valence-electron chi connectivity index (χ1n) is 4.66. The third-order valence-corrected chi connectivity index (χ3v) is 2.97. The van der Waals surface area contributed by atoms with Crippen molar-refractivity contribution in [1.29, 1.82) is 0 Å². The van der Waals surface area contributed by atoms with Crippen molar-refractivity contribution < 1.29 is 0 Å². The molecule has 1 aliphatic rings. The van der Waals surface area contributed by atoms with E-state index < -0.39 is 0 Å².